The van der Waals surface area contributed by atoms with E-state index in [4.69, 9.17) is 9.47 Å². The molecule has 4 rings (SSSR count). The zero-order valence-corrected chi connectivity index (χ0v) is 17.9. The predicted molar refractivity (Wildman–Crippen MR) is 113 cm³/mol. The third-order valence-corrected chi connectivity index (χ3v) is 6.35. The van der Waals surface area contributed by atoms with Gasteiger partial charge in [-0.3, -0.25) is 14.5 Å². The summed E-state index contributed by atoms with van der Waals surface area (Å²) in [4.78, 5) is 28.1. The molecule has 8 nitrogen and oxygen atoms in total. The van der Waals surface area contributed by atoms with Crippen molar-refractivity contribution in [1.82, 2.24) is 10.2 Å². The highest BCUT2D eigenvalue weighted by Crippen LogP contribution is 2.47. The maximum absolute atomic E-state index is 13.3. The Morgan fingerprint density at radius 3 is 2.57 bits per heavy atom. The molecule has 0 saturated heterocycles. The number of methoxy groups -OCH3 is 2. The standard InChI is InChI=1S/C20H17N3O5S2/c1-10-21-22-20(30-10)23-15(11-6-4-7-12(27-2)18(11)28-3)14(17(25)19(23)26)16(24)13-8-5-9-29-13/h4-9,15,25H,1-3H3. The van der Waals surface area contributed by atoms with Gasteiger partial charge in [0.05, 0.1) is 24.7 Å². The number of amides is 1. The Bertz CT molecular complexity index is 1150. The van der Waals surface area contributed by atoms with Gasteiger partial charge in [-0.15, -0.1) is 21.5 Å². The first-order chi connectivity index (χ1) is 14.5. The number of hydrogen-bond donors (Lipinski definition) is 1. The summed E-state index contributed by atoms with van der Waals surface area (Å²) < 4.78 is 10.9. The van der Waals surface area contributed by atoms with Crippen molar-refractivity contribution < 1.29 is 24.2 Å². The molecule has 1 aromatic carbocycles. The van der Waals surface area contributed by atoms with E-state index in [-0.39, 0.29) is 10.7 Å². The number of nitrogens with zero attached hydrogens (tertiary/aromatic N) is 3. The van der Waals surface area contributed by atoms with Crippen molar-refractivity contribution in [3.63, 3.8) is 0 Å². The Labute approximate surface area is 180 Å². The molecule has 1 aliphatic heterocycles. The van der Waals surface area contributed by atoms with E-state index in [1.165, 1.54) is 41.8 Å². The van der Waals surface area contributed by atoms with Crippen molar-refractivity contribution in [2.45, 2.75) is 13.0 Å². The molecule has 30 heavy (non-hydrogen) atoms. The number of aliphatic hydroxyl groups excluding tert-OH is 1. The van der Waals surface area contributed by atoms with Gasteiger partial charge in [0.25, 0.3) is 5.91 Å². The number of para-hydroxylation sites is 1. The van der Waals surface area contributed by atoms with E-state index >= 15 is 0 Å². The number of ketones is 1. The molecule has 0 bridgehead atoms. The van der Waals surface area contributed by atoms with Crippen LogP contribution in [-0.4, -0.2) is 41.2 Å². The van der Waals surface area contributed by atoms with E-state index in [0.717, 1.165) is 0 Å². The third kappa shape index (κ3) is 3.14. The predicted octanol–water partition coefficient (Wildman–Crippen LogP) is 3.71. The number of aryl methyl sites for hydroxylation is 1. The second-order valence-corrected chi connectivity index (χ2v) is 8.44. The van der Waals surface area contributed by atoms with E-state index in [2.05, 4.69) is 10.2 Å². The fraction of sp³-hybridized carbons (Fsp3) is 0.200. The SMILES string of the molecule is COc1cccc(C2C(C(=O)c3cccs3)=C(O)C(=O)N2c2nnc(C)s2)c1OC. The Morgan fingerprint density at radius 2 is 1.97 bits per heavy atom. The van der Waals surface area contributed by atoms with Crippen LogP contribution in [0.2, 0.25) is 0 Å². The normalized spacial score (nSPS) is 16.3. The molecule has 154 valence electrons. The molecule has 0 spiro atoms. The molecule has 3 heterocycles. The average Bonchev–Trinajstić information content (AvgIpc) is 3.48. The number of carbonyl (C=O) groups is 2. The molecule has 2 aromatic heterocycles. The van der Waals surface area contributed by atoms with Crippen molar-refractivity contribution in [2.24, 2.45) is 0 Å². The summed E-state index contributed by atoms with van der Waals surface area (Å²) in [5.74, 6) is -0.980. The molecule has 1 amide bonds. The Hall–Kier alpha value is -3.24. The summed E-state index contributed by atoms with van der Waals surface area (Å²) >= 11 is 2.42. The molecule has 0 radical (unpaired) electrons. The van der Waals surface area contributed by atoms with Crippen LogP contribution < -0.4 is 14.4 Å². The van der Waals surface area contributed by atoms with Crippen LogP contribution in [0, 0.1) is 6.92 Å². The number of anilines is 1. The van der Waals surface area contributed by atoms with Crippen molar-refractivity contribution in [2.75, 3.05) is 19.1 Å². The summed E-state index contributed by atoms with van der Waals surface area (Å²) in [5.41, 5.74) is 0.448. The second kappa shape index (κ2) is 7.88. The lowest BCUT2D eigenvalue weighted by molar-refractivity contribution is -0.117. The molecule has 0 aliphatic carbocycles. The van der Waals surface area contributed by atoms with E-state index < -0.39 is 23.5 Å². The van der Waals surface area contributed by atoms with Crippen molar-refractivity contribution >= 4 is 39.5 Å². The smallest absolute Gasteiger partial charge is 0.296 e. The maximum Gasteiger partial charge on any atom is 0.296 e. The highest BCUT2D eigenvalue weighted by molar-refractivity contribution is 7.15. The minimum atomic E-state index is -0.954. The minimum Gasteiger partial charge on any atom is -0.503 e. The fourth-order valence-electron chi connectivity index (χ4n) is 3.38. The lowest BCUT2D eigenvalue weighted by Crippen LogP contribution is -2.31. The number of aromatic nitrogens is 2. The molecular formula is C20H17N3O5S2. The number of benzene rings is 1. The molecule has 1 aliphatic rings. The first kappa shape index (κ1) is 20.0. The summed E-state index contributed by atoms with van der Waals surface area (Å²) in [6, 6.07) is 7.59. The van der Waals surface area contributed by atoms with Gasteiger partial charge in [-0.05, 0) is 24.4 Å². The van der Waals surface area contributed by atoms with Gasteiger partial charge >= 0.3 is 0 Å². The summed E-state index contributed by atoms with van der Waals surface area (Å²) in [6.45, 7) is 1.76. The third-order valence-electron chi connectivity index (χ3n) is 4.65. The summed E-state index contributed by atoms with van der Waals surface area (Å²) in [6.07, 6.45) is 0. The molecule has 3 aromatic rings. The van der Waals surface area contributed by atoms with Crippen LogP contribution in [0.5, 0.6) is 11.5 Å². The average molecular weight is 444 g/mol. The Morgan fingerprint density at radius 1 is 1.17 bits per heavy atom. The van der Waals surface area contributed by atoms with E-state index in [9.17, 15) is 14.7 Å². The zero-order chi connectivity index (χ0) is 21.4. The van der Waals surface area contributed by atoms with Gasteiger partial charge in [-0.25, -0.2) is 0 Å². The zero-order valence-electron chi connectivity index (χ0n) is 16.3. The minimum absolute atomic E-state index is 0.0399. The van der Waals surface area contributed by atoms with E-state index in [0.29, 0.717) is 26.9 Å². The second-order valence-electron chi connectivity index (χ2n) is 6.33. The Kier molecular flexibility index (Phi) is 5.27. The monoisotopic (exact) mass is 443 g/mol. The largest absolute Gasteiger partial charge is 0.503 e. The van der Waals surface area contributed by atoms with Gasteiger partial charge < -0.3 is 14.6 Å². The van der Waals surface area contributed by atoms with Crippen LogP contribution in [-0.2, 0) is 4.79 Å². The van der Waals surface area contributed by atoms with Gasteiger partial charge in [0, 0.05) is 5.56 Å². The topological polar surface area (TPSA) is 102 Å². The van der Waals surface area contributed by atoms with Crippen LogP contribution in [0.15, 0.2) is 47.0 Å². The highest BCUT2D eigenvalue weighted by atomic mass is 32.1. The molecule has 10 heteroatoms. The number of thiophene rings is 1. The lowest BCUT2D eigenvalue weighted by atomic mass is 9.94. The molecular weight excluding hydrogens is 426 g/mol. The maximum atomic E-state index is 13.3. The van der Waals surface area contributed by atoms with Crippen molar-refractivity contribution in [1.29, 1.82) is 0 Å². The molecule has 0 saturated carbocycles. The first-order valence-electron chi connectivity index (χ1n) is 8.83. The Balaban J connectivity index is 1.95. The molecule has 0 fully saturated rings. The van der Waals surface area contributed by atoms with Gasteiger partial charge in [-0.2, -0.15) is 0 Å². The van der Waals surface area contributed by atoms with Crippen LogP contribution in [0.3, 0.4) is 0 Å². The summed E-state index contributed by atoms with van der Waals surface area (Å²) in [7, 11) is 2.97. The number of carbonyl (C=O) groups excluding carboxylic acids is 2. The van der Waals surface area contributed by atoms with Crippen LogP contribution in [0.25, 0.3) is 0 Å². The fourth-order valence-corrected chi connectivity index (χ4v) is 4.77. The number of aliphatic hydroxyl groups is 1. The van der Waals surface area contributed by atoms with E-state index in [1.807, 2.05) is 0 Å². The van der Waals surface area contributed by atoms with Gasteiger partial charge in [0.1, 0.15) is 11.0 Å². The molecule has 1 atom stereocenters. The highest BCUT2D eigenvalue weighted by Gasteiger charge is 2.47. The van der Waals surface area contributed by atoms with Gasteiger partial charge in [0.15, 0.2) is 17.3 Å². The van der Waals surface area contributed by atoms with Crippen LogP contribution >= 0.6 is 22.7 Å². The number of hydrogen-bond acceptors (Lipinski definition) is 9. The van der Waals surface area contributed by atoms with Crippen molar-refractivity contribution in [3.8, 4) is 11.5 Å². The molecule has 1 N–H and O–H groups in total. The summed E-state index contributed by atoms with van der Waals surface area (Å²) in [5, 5.41) is 21.5. The van der Waals surface area contributed by atoms with Gasteiger partial charge in [-0.1, -0.05) is 29.5 Å². The number of Topliss-reactive ketones (excluding diaryl/α,β-unsaturated/α-hetero) is 1. The quantitative estimate of drug-likeness (QED) is 0.580. The first-order valence-corrected chi connectivity index (χ1v) is 10.5. The van der Waals surface area contributed by atoms with Gasteiger partial charge in [0.2, 0.25) is 10.9 Å². The molecule has 1 unspecified atom stereocenters. The lowest BCUT2D eigenvalue weighted by Gasteiger charge is -2.26. The van der Waals surface area contributed by atoms with Crippen LogP contribution in [0.1, 0.15) is 26.3 Å². The van der Waals surface area contributed by atoms with Crippen LogP contribution in [0.4, 0.5) is 5.13 Å². The van der Waals surface area contributed by atoms with E-state index in [1.54, 1.807) is 42.6 Å². The number of rotatable bonds is 6. The number of ether oxygens (including phenoxy) is 2. The van der Waals surface area contributed by atoms with Crippen molar-refractivity contribution in [3.05, 3.63) is 62.5 Å².